The Balaban J connectivity index is 2.72. The van der Waals surface area contributed by atoms with Gasteiger partial charge in [0.25, 0.3) is 10.0 Å². The van der Waals surface area contributed by atoms with Gasteiger partial charge in [-0.15, -0.1) is 16.7 Å². The van der Waals surface area contributed by atoms with Gasteiger partial charge in [-0.05, 0) is 28.3 Å². The minimum Gasteiger partial charge on any atom is -0.235 e. The van der Waals surface area contributed by atoms with Crippen LogP contribution >= 0.6 is 27.5 Å². The molecule has 1 unspecified atom stereocenters. The Morgan fingerprint density at radius 2 is 2.11 bits per heavy atom. The van der Waals surface area contributed by atoms with Gasteiger partial charge in [-0.25, -0.2) is 17.8 Å². The molecule has 1 heterocycles. The van der Waals surface area contributed by atoms with Crippen LogP contribution in [0.1, 0.15) is 20.3 Å². The molecule has 0 amide bonds. The molecule has 104 valence electrons. The number of rotatable bonds is 6. The molecule has 1 rings (SSSR count). The lowest BCUT2D eigenvalue weighted by atomic mass is 10.1. The van der Waals surface area contributed by atoms with E-state index in [0.29, 0.717) is 5.92 Å². The highest BCUT2D eigenvalue weighted by Crippen LogP contribution is 2.18. The molecule has 0 fully saturated rings. The first-order valence-corrected chi connectivity index (χ1v) is 8.14. The van der Waals surface area contributed by atoms with E-state index in [1.807, 2.05) is 13.8 Å². The zero-order valence-electron chi connectivity index (χ0n) is 10.4. The van der Waals surface area contributed by atoms with Crippen LogP contribution in [0.3, 0.4) is 0 Å². The van der Waals surface area contributed by atoms with Crippen molar-refractivity contribution >= 4 is 37.6 Å². The van der Waals surface area contributed by atoms with E-state index >= 15 is 0 Å². The Labute approximate surface area is 120 Å². The minimum absolute atomic E-state index is 0.00378. The first-order chi connectivity index (χ1) is 8.24. The van der Waals surface area contributed by atoms with Gasteiger partial charge in [-0.3, -0.25) is 0 Å². The van der Waals surface area contributed by atoms with Gasteiger partial charge in [0.05, 0.1) is 0 Å². The second kappa shape index (κ2) is 6.31. The average molecular weight is 360 g/mol. The summed E-state index contributed by atoms with van der Waals surface area (Å²) in [6.45, 7) is 4.25. The third kappa shape index (κ3) is 4.18. The summed E-state index contributed by atoms with van der Waals surface area (Å²) in [7, 11) is -2.14. The number of hydrogen-bond donors (Lipinski definition) is 1. The quantitative estimate of drug-likeness (QED) is 0.781. The van der Waals surface area contributed by atoms with Crippen molar-refractivity contribution in [2.45, 2.75) is 30.7 Å². The standard InChI is InChI=1S/C9H16BrClN4O2S/c1-6(2)4-7(11)5-12-18(16,17)9-8(10)13-14-15(9)3/h6-7,12H,4-5H2,1-3H3. The summed E-state index contributed by atoms with van der Waals surface area (Å²) >= 11 is 9.10. The summed E-state index contributed by atoms with van der Waals surface area (Å²) in [5, 5.41) is 7.02. The van der Waals surface area contributed by atoms with E-state index in [9.17, 15) is 8.42 Å². The predicted octanol–water partition coefficient (Wildman–Crippen LogP) is 1.51. The summed E-state index contributed by atoms with van der Waals surface area (Å²) in [4.78, 5) is 0. The fourth-order valence-electron chi connectivity index (χ4n) is 1.47. The van der Waals surface area contributed by atoms with Gasteiger partial charge in [0.1, 0.15) is 0 Å². The van der Waals surface area contributed by atoms with Gasteiger partial charge in [0, 0.05) is 19.0 Å². The van der Waals surface area contributed by atoms with Crippen molar-refractivity contribution in [3.8, 4) is 0 Å². The van der Waals surface area contributed by atoms with Crippen LogP contribution in [0.4, 0.5) is 0 Å². The molecule has 0 saturated heterocycles. The van der Waals surface area contributed by atoms with E-state index in [1.165, 1.54) is 11.7 Å². The number of hydrogen-bond acceptors (Lipinski definition) is 4. The normalized spacial score (nSPS) is 14.1. The van der Waals surface area contributed by atoms with Crippen LogP contribution in [0, 0.1) is 5.92 Å². The summed E-state index contributed by atoms with van der Waals surface area (Å²) in [5.41, 5.74) is 0. The van der Waals surface area contributed by atoms with Gasteiger partial charge < -0.3 is 0 Å². The lowest BCUT2D eigenvalue weighted by Crippen LogP contribution is -2.31. The molecule has 1 atom stereocenters. The Kier molecular flexibility index (Phi) is 5.57. The van der Waals surface area contributed by atoms with Gasteiger partial charge in [-0.1, -0.05) is 19.1 Å². The summed E-state index contributed by atoms with van der Waals surface area (Å²) in [6.07, 6.45) is 0.745. The SMILES string of the molecule is CC(C)CC(Cl)CNS(=O)(=O)c1c(Br)nnn1C. The Morgan fingerprint density at radius 3 is 2.56 bits per heavy atom. The van der Waals surface area contributed by atoms with Gasteiger partial charge >= 0.3 is 0 Å². The van der Waals surface area contributed by atoms with Crippen molar-refractivity contribution in [2.75, 3.05) is 6.54 Å². The molecule has 0 spiro atoms. The fourth-order valence-corrected chi connectivity index (χ4v) is 4.17. The molecule has 0 aliphatic rings. The third-order valence-electron chi connectivity index (χ3n) is 2.21. The Morgan fingerprint density at radius 1 is 1.50 bits per heavy atom. The zero-order valence-corrected chi connectivity index (χ0v) is 13.5. The van der Waals surface area contributed by atoms with Crippen LogP contribution in [0.15, 0.2) is 9.63 Å². The first kappa shape index (κ1) is 15.9. The average Bonchev–Trinajstić information content (AvgIpc) is 2.55. The Bertz CT molecular complexity index is 483. The van der Waals surface area contributed by atoms with E-state index in [2.05, 4.69) is 31.0 Å². The maximum Gasteiger partial charge on any atom is 0.260 e. The highest BCUT2D eigenvalue weighted by molar-refractivity contribution is 9.10. The van der Waals surface area contributed by atoms with Crippen molar-refractivity contribution in [1.82, 2.24) is 19.7 Å². The summed E-state index contributed by atoms with van der Waals surface area (Å²) in [6, 6.07) is 0. The van der Waals surface area contributed by atoms with E-state index in [-0.39, 0.29) is 21.6 Å². The molecule has 18 heavy (non-hydrogen) atoms. The maximum absolute atomic E-state index is 12.0. The fraction of sp³-hybridized carbons (Fsp3) is 0.778. The molecule has 1 N–H and O–H groups in total. The van der Waals surface area contributed by atoms with Gasteiger partial charge in [-0.2, -0.15) is 0 Å². The van der Waals surface area contributed by atoms with Crippen molar-refractivity contribution in [1.29, 1.82) is 0 Å². The molecule has 0 bridgehead atoms. The number of aryl methyl sites for hydroxylation is 1. The van der Waals surface area contributed by atoms with Crippen LogP contribution in [0.5, 0.6) is 0 Å². The second-order valence-electron chi connectivity index (χ2n) is 4.39. The molecule has 0 radical (unpaired) electrons. The molecule has 0 aliphatic carbocycles. The van der Waals surface area contributed by atoms with Gasteiger partial charge in [0.2, 0.25) is 5.03 Å². The number of nitrogens with zero attached hydrogens (tertiary/aromatic N) is 3. The highest BCUT2D eigenvalue weighted by atomic mass is 79.9. The van der Waals surface area contributed by atoms with Crippen molar-refractivity contribution in [3.05, 3.63) is 4.60 Å². The molecule has 0 saturated carbocycles. The number of nitrogens with one attached hydrogen (secondary N) is 1. The molecule has 1 aromatic rings. The maximum atomic E-state index is 12.0. The van der Waals surface area contributed by atoms with E-state index < -0.39 is 10.0 Å². The zero-order chi connectivity index (χ0) is 13.9. The van der Waals surface area contributed by atoms with E-state index in [0.717, 1.165) is 6.42 Å². The third-order valence-corrected chi connectivity index (χ3v) is 4.86. The topological polar surface area (TPSA) is 76.9 Å². The highest BCUT2D eigenvalue weighted by Gasteiger charge is 2.24. The van der Waals surface area contributed by atoms with Crippen LogP contribution in [-0.4, -0.2) is 35.3 Å². The molecule has 6 nitrogen and oxygen atoms in total. The van der Waals surface area contributed by atoms with Crippen LogP contribution in [0.25, 0.3) is 0 Å². The first-order valence-electron chi connectivity index (χ1n) is 5.43. The minimum atomic E-state index is -3.65. The molecule has 0 aliphatic heterocycles. The number of sulfonamides is 1. The van der Waals surface area contributed by atoms with E-state index in [4.69, 9.17) is 11.6 Å². The lowest BCUT2D eigenvalue weighted by Gasteiger charge is -2.13. The smallest absolute Gasteiger partial charge is 0.235 e. The van der Waals surface area contributed by atoms with Crippen molar-refractivity contribution in [2.24, 2.45) is 13.0 Å². The Hall–Kier alpha value is -0.180. The summed E-state index contributed by atoms with van der Waals surface area (Å²) in [5.74, 6) is 0.419. The second-order valence-corrected chi connectivity index (χ2v) is 7.44. The van der Waals surface area contributed by atoms with Crippen LogP contribution in [0.2, 0.25) is 0 Å². The van der Waals surface area contributed by atoms with Crippen LogP contribution < -0.4 is 4.72 Å². The largest absolute Gasteiger partial charge is 0.260 e. The molecular formula is C9H16BrClN4O2S. The van der Waals surface area contributed by atoms with Crippen LogP contribution in [-0.2, 0) is 17.1 Å². The lowest BCUT2D eigenvalue weighted by molar-refractivity contribution is 0.536. The summed E-state index contributed by atoms with van der Waals surface area (Å²) < 4.78 is 27.9. The number of halogens is 2. The van der Waals surface area contributed by atoms with Gasteiger partial charge in [0.15, 0.2) is 4.60 Å². The number of aromatic nitrogens is 3. The predicted molar refractivity (Wildman–Crippen MR) is 73.0 cm³/mol. The van der Waals surface area contributed by atoms with Crippen molar-refractivity contribution < 1.29 is 8.42 Å². The van der Waals surface area contributed by atoms with Crippen molar-refractivity contribution in [3.63, 3.8) is 0 Å². The monoisotopic (exact) mass is 358 g/mol. The molecular weight excluding hydrogens is 344 g/mol. The number of alkyl halides is 1. The molecule has 0 aromatic carbocycles. The molecule has 1 aromatic heterocycles. The molecule has 9 heteroatoms. The van der Waals surface area contributed by atoms with E-state index in [1.54, 1.807) is 0 Å².